The first-order valence-corrected chi connectivity index (χ1v) is 28.5. The van der Waals surface area contributed by atoms with Crippen LogP contribution >= 0.6 is 0 Å². The van der Waals surface area contributed by atoms with Crippen LogP contribution in [0.5, 0.6) is 11.6 Å². The van der Waals surface area contributed by atoms with Gasteiger partial charge >= 0.3 is 6.18 Å². The van der Waals surface area contributed by atoms with Gasteiger partial charge in [-0.2, -0.15) is 13.2 Å². The number of aromatic nitrogens is 2. The van der Waals surface area contributed by atoms with Crippen LogP contribution in [0.3, 0.4) is 0 Å². The summed E-state index contributed by atoms with van der Waals surface area (Å²) in [6.07, 6.45) is -1.07. The number of nitrogens with one attached hydrogen (secondary N) is 1. The molecule has 0 spiro atoms. The van der Waals surface area contributed by atoms with Crippen molar-refractivity contribution >= 4 is 43.1 Å². The zero-order valence-corrected chi connectivity index (χ0v) is 43.3. The van der Waals surface area contributed by atoms with E-state index in [4.69, 9.17) is 37.9 Å². The molecule has 1 N–H and O–H groups in total. The normalized spacial score (nSPS) is 16.2. The average molecular weight is 1050 g/mol. The first-order chi connectivity index (χ1) is 35.6. The second-order valence-corrected chi connectivity index (χ2v) is 24.6. The molecule has 2 fully saturated rings. The van der Waals surface area contributed by atoms with Crippen LogP contribution in [-0.4, -0.2) is 163 Å². The van der Waals surface area contributed by atoms with Crippen LogP contribution in [0.15, 0.2) is 67.0 Å². The van der Waals surface area contributed by atoms with E-state index >= 15 is 0 Å². The number of halogens is 3. The maximum atomic E-state index is 13.5. The van der Waals surface area contributed by atoms with Crippen LogP contribution in [0, 0.1) is 6.92 Å². The Hall–Kier alpha value is -6.01. The Labute approximate surface area is 429 Å². The lowest BCUT2D eigenvalue weighted by Gasteiger charge is -2.35. The molecule has 3 aliphatic heterocycles. The molecular formula is C52H65F3N6O12Si. The van der Waals surface area contributed by atoms with Crippen molar-refractivity contribution in [3.63, 3.8) is 0 Å². The molecule has 1 atom stereocenters. The Bertz CT molecular complexity index is 2560. The Morgan fingerprint density at radius 2 is 1.45 bits per heavy atom. The third-order valence-electron chi connectivity index (χ3n) is 12.4. The van der Waals surface area contributed by atoms with Crippen LogP contribution in [0.1, 0.15) is 50.4 Å². The van der Waals surface area contributed by atoms with E-state index in [0.29, 0.717) is 124 Å². The first kappa shape index (κ1) is 55.7. The van der Waals surface area contributed by atoms with Gasteiger partial charge in [-0.1, -0.05) is 31.8 Å². The molecule has 0 aliphatic carbocycles. The molecule has 4 amide bonds. The van der Waals surface area contributed by atoms with Crippen molar-refractivity contribution in [3.05, 3.63) is 94.9 Å². The number of aryl methyl sites for hydroxylation is 1. The highest BCUT2D eigenvalue weighted by molar-refractivity contribution is 6.76. The summed E-state index contributed by atoms with van der Waals surface area (Å²) in [6, 6.07) is 13.3. The van der Waals surface area contributed by atoms with Crippen molar-refractivity contribution in [2.75, 3.05) is 116 Å². The number of pyridine rings is 2. The Morgan fingerprint density at radius 3 is 2.12 bits per heavy atom. The molecule has 7 rings (SSSR count). The first-order valence-electron chi connectivity index (χ1n) is 24.8. The number of carbonyl (C=O) groups is 4. The number of likely N-dealkylation sites (tertiary alicyclic amines) is 1. The number of piperidine rings is 1. The molecular weight excluding hydrogens is 986 g/mol. The molecule has 2 aromatic heterocycles. The average Bonchev–Trinajstić information content (AvgIpc) is 3.72. The van der Waals surface area contributed by atoms with Crippen LogP contribution in [-0.2, 0) is 50.7 Å². The molecule has 0 saturated carbocycles. The molecule has 400 valence electrons. The fourth-order valence-electron chi connectivity index (χ4n) is 8.33. The topological polar surface area (TPSA) is 190 Å². The lowest BCUT2D eigenvalue weighted by Crippen LogP contribution is -2.55. The number of imide groups is 1. The van der Waals surface area contributed by atoms with Crippen molar-refractivity contribution in [3.8, 4) is 22.8 Å². The maximum Gasteiger partial charge on any atom is 0.416 e. The summed E-state index contributed by atoms with van der Waals surface area (Å²) < 4.78 is 85.9. The minimum absolute atomic E-state index is 0.109. The second-order valence-electron chi connectivity index (χ2n) is 19.0. The van der Waals surface area contributed by atoms with Gasteiger partial charge in [-0.15, -0.1) is 0 Å². The fraction of sp³-hybridized carbons (Fsp3) is 0.500. The molecule has 0 bridgehead atoms. The van der Waals surface area contributed by atoms with E-state index in [1.54, 1.807) is 30.5 Å². The van der Waals surface area contributed by atoms with Gasteiger partial charge in [0.15, 0.2) is 0 Å². The van der Waals surface area contributed by atoms with E-state index in [-0.39, 0.29) is 63.3 Å². The number of alkyl halides is 3. The molecule has 74 heavy (non-hydrogen) atoms. The van der Waals surface area contributed by atoms with Crippen LogP contribution in [0.25, 0.3) is 11.1 Å². The molecule has 2 saturated heterocycles. The number of hydrogen-bond donors (Lipinski definition) is 1. The predicted molar refractivity (Wildman–Crippen MR) is 269 cm³/mol. The fourth-order valence-corrected chi connectivity index (χ4v) is 9.08. The van der Waals surface area contributed by atoms with Crippen LogP contribution in [0.2, 0.25) is 25.7 Å². The number of rotatable bonds is 27. The van der Waals surface area contributed by atoms with Crippen LogP contribution < -0.4 is 19.7 Å². The van der Waals surface area contributed by atoms with Gasteiger partial charge < -0.3 is 53.0 Å². The second kappa shape index (κ2) is 26.5. The summed E-state index contributed by atoms with van der Waals surface area (Å²) in [5.74, 6) is -0.720. The highest BCUT2D eigenvalue weighted by Gasteiger charge is 2.43. The van der Waals surface area contributed by atoms with Crippen molar-refractivity contribution in [1.29, 1.82) is 0 Å². The maximum absolute atomic E-state index is 13.5. The number of anilines is 2. The third kappa shape index (κ3) is 15.5. The number of morpholine rings is 1. The smallest absolute Gasteiger partial charge is 0.416 e. The van der Waals surface area contributed by atoms with Gasteiger partial charge in [0.25, 0.3) is 17.7 Å². The molecule has 0 radical (unpaired) electrons. The number of fused-ring (bicyclic) bond motifs is 1. The number of amides is 4. The molecule has 5 heterocycles. The number of benzene rings is 2. The molecule has 4 aromatic rings. The van der Waals surface area contributed by atoms with Gasteiger partial charge in [0.05, 0.1) is 90.1 Å². The molecule has 2 aromatic carbocycles. The largest absolute Gasteiger partial charge is 0.491 e. The van der Waals surface area contributed by atoms with Crippen molar-refractivity contribution in [1.82, 2.24) is 19.8 Å². The monoisotopic (exact) mass is 1050 g/mol. The lowest BCUT2D eigenvalue weighted by atomic mass is 10.0. The highest BCUT2D eigenvalue weighted by Crippen LogP contribution is 2.36. The quantitative estimate of drug-likeness (QED) is 0.0370. The lowest BCUT2D eigenvalue weighted by molar-refractivity contribution is -0.158. The summed E-state index contributed by atoms with van der Waals surface area (Å²) in [5.41, 5.74) is 3.20. The van der Waals surface area contributed by atoms with E-state index < -0.39 is 37.7 Å². The standard InChI is InChI=1S/C52H65F3N6O12Si/c1-36-42(31-40(33-56-36)58-48(63)37-7-5-8-39(29-37)52(53,54)55)38-30-45(59-13-15-66-16-14-59)49(57-32-38)73-26-24-70-22-20-68-18-17-67-19-21-69-23-25-72-46-10-6-9-41-43(46)34-60(50(41)64)44-11-12-47(62)61(51(44)65)35-71-27-28-74(2,3)4/h5-10,29-33,44H,11-28,34-35H2,1-4H3,(H,58,63). The van der Waals surface area contributed by atoms with Crippen molar-refractivity contribution in [2.24, 2.45) is 0 Å². The molecule has 1 unspecified atom stereocenters. The van der Waals surface area contributed by atoms with E-state index in [9.17, 15) is 32.3 Å². The van der Waals surface area contributed by atoms with Gasteiger partial charge in [-0.3, -0.25) is 29.1 Å². The van der Waals surface area contributed by atoms with Crippen molar-refractivity contribution < 1.29 is 70.2 Å². The molecule has 18 nitrogen and oxygen atoms in total. The minimum atomic E-state index is -4.58. The minimum Gasteiger partial charge on any atom is -0.491 e. The molecule has 3 aliphatic rings. The summed E-state index contributed by atoms with van der Waals surface area (Å²) >= 11 is 0. The van der Waals surface area contributed by atoms with Gasteiger partial charge in [-0.25, -0.2) is 4.98 Å². The highest BCUT2D eigenvalue weighted by atomic mass is 28.3. The van der Waals surface area contributed by atoms with E-state index in [0.717, 1.165) is 28.8 Å². The van der Waals surface area contributed by atoms with E-state index in [2.05, 4.69) is 39.8 Å². The SMILES string of the molecule is Cc1ncc(NC(=O)c2cccc(C(F)(F)F)c2)cc1-c1cnc(OCCOCCOCCOCCOCCOc2cccc3c2CN(C2CCC(=O)N(COCC[Si](C)(C)C)C2=O)C3=O)c(N2CCOCC2)c1. The number of nitrogens with zero attached hydrogens (tertiary/aromatic N) is 5. The number of hydrogen-bond acceptors (Lipinski definition) is 15. The van der Waals surface area contributed by atoms with Gasteiger partial charge in [0.2, 0.25) is 11.8 Å². The summed E-state index contributed by atoms with van der Waals surface area (Å²) in [4.78, 5) is 66.4. The van der Waals surface area contributed by atoms with Crippen LogP contribution in [0.4, 0.5) is 24.5 Å². The summed E-state index contributed by atoms with van der Waals surface area (Å²) in [7, 11) is -1.34. The summed E-state index contributed by atoms with van der Waals surface area (Å²) in [6.45, 7) is 14.5. The Morgan fingerprint density at radius 1 is 0.784 bits per heavy atom. The Kier molecular flexibility index (Phi) is 19.9. The number of ether oxygens (including phenoxy) is 8. The van der Waals surface area contributed by atoms with E-state index in [1.807, 2.05) is 13.0 Å². The van der Waals surface area contributed by atoms with Gasteiger partial charge in [-0.05, 0) is 61.9 Å². The van der Waals surface area contributed by atoms with Gasteiger partial charge in [0.1, 0.15) is 37.4 Å². The predicted octanol–water partition coefficient (Wildman–Crippen LogP) is 6.87. The molecule has 22 heteroatoms. The number of carbonyl (C=O) groups excluding carboxylic acids is 4. The van der Waals surface area contributed by atoms with Gasteiger partial charge in [0, 0.05) is 73.9 Å². The van der Waals surface area contributed by atoms with E-state index in [1.165, 1.54) is 23.2 Å². The third-order valence-corrected chi connectivity index (χ3v) is 14.1. The zero-order valence-electron chi connectivity index (χ0n) is 42.3. The summed E-state index contributed by atoms with van der Waals surface area (Å²) in [5, 5.41) is 2.66. The Balaban J connectivity index is 0.760. The van der Waals surface area contributed by atoms with Crippen molar-refractivity contribution in [2.45, 2.75) is 64.2 Å². The zero-order chi connectivity index (χ0) is 52.7.